The van der Waals surface area contributed by atoms with Crippen molar-refractivity contribution in [1.29, 1.82) is 0 Å². The minimum atomic E-state index is 0.0551. The van der Waals surface area contributed by atoms with Crippen LogP contribution in [0.5, 0.6) is 0 Å². The first-order valence-corrected chi connectivity index (χ1v) is 7.25. The maximum atomic E-state index is 12.2. The lowest BCUT2D eigenvalue weighted by Gasteiger charge is -2.22. The fourth-order valence-electron chi connectivity index (χ4n) is 3.47. The van der Waals surface area contributed by atoms with Gasteiger partial charge in [0.05, 0.1) is 0 Å². The molecular weight excluding hydrogens is 246 g/mol. The molecule has 1 N–H and O–H groups in total. The van der Waals surface area contributed by atoms with Crippen LogP contribution in [0.1, 0.15) is 41.6 Å². The molecule has 2 nitrogen and oxygen atoms in total. The zero-order valence-corrected chi connectivity index (χ0v) is 11.1. The number of hydrogen-bond acceptors (Lipinski definition) is 1. The molecule has 3 heteroatoms. The molecule has 2 fully saturated rings. The van der Waals surface area contributed by atoms with Crippen LogP contribution >= 0.6 is 11.6 Å². The second kappa shape index (κ2) is 4.93. The molecule has 0 spiro atoms. The van der Waals surface area contributed by atoms with Crippen molar-refractivity contribution in [2.75, 3.05) is 0 Å². The number of hydrogen-bond donors (Lipinski definition) is 1. The van der Waals surface area contributed by atoms with Gasteiger partial charge in [-0.3, -0.25) is 4.79 Å². The van der Waals surface area contributed by atoms with Crippen LogP contribution in [0, 0.1) is 11.8 Å². The molecular formula is C15H18ClNO. The zero-order valence-electron chi connectivity index (χ0n) is 10.4. The highest BCUT2D eigenvalue weighted by atomic mass is 35.5. The van der Waals surface area contributed by atoms with E-state index in [4.69, 9.17) is 11.6 Å². The van der Waals surface area contributed by atoms with Crippen molar-refractivity contribution in [2.45, 2.75) is 37.6 Å². The van der Waals surface area contributed by atoms with Gasteiger partial charge >= 0.3 is 0 Å². The third kappa shape index (κ3) is 2.26. The van der Waals surface area contributed by atoms with Crippen LogP contribution in [0.2, 0.25) is 0 Å². The number of alkyl halides is 1. The molecule has 0 aliphatic heterocycles. The number of rotatable bonds is 3. The maximum Gasteiger partial charge on any atom is 0.251 e. The van der Waals surface area contributed by atoms with Crippen molar-refractivity contribution in [3.05, 3.63) is 35.4 Å². The Morgan fingerprint density at radius 2 is 2.22 bits per heavy atom. The first-order valence-electron chi connectivity index (χ1n) is 6.72. The number of halogens is 1. The average Bonchev–Trinajstić information content (AvgIpc) is 3.01. The molecule has 3 atom stereocenters. The lowest BCUT2D eigenvalue weighted by molar-refractivity contribution is 0.0923. The van der Waals surface area contributed by atoms with Gasteiger partial charge in [-0.05, 0) is 48.8 Å². The summed E-state index contributed by atoms with van der Waals surface area (Å²) < 4.78 is 0. The molecule has 2 saturated carbocycles. The molecule has 18 heavy (non-hydrogen) atoms. The normalized spacial score (nSPS) is 29.5. The van der Waals surface area contributed by atoms with Crippen molar-refractivity contribution in [1.82, 2.24) is 5.32 Å². The molecule has 0 heterocycles. The Hall–Kier alpha value is -1.02. The van der Waals surface area contributed by atoms with Gasteiger partial charge in [-0.1, -0.05) is 18.6 Å². The summed E-state index contributed by atoms with van der Waals surface area (Å²) in [5.74, 6) is 2.08. The van der Waals surface area contributed by atoms with Crippen molar-refractivity contribution in [2.24, 2.45) is 11.8 Å². The number of carbonyl (C=O) groups excluding carboxylic acids is 1. The molecule has 0 radical (unpaired) electrons. The summed E-state index contributed by atoms with van der Waals surface area (Å²) in [5.41, 5.74) is 1.73. The van der Waals surface area contributed by atoms with Gasteiger partial charge in [-0.2, -0.15) is 0 Å². The van der Waals surface area contributed by atoms with Crippen LogP contribution in [0.15, 0.2) is 24.3 Å². The van der Waals surface area contributed by atoms with E-state index in [1.807, 2.05) is 24.3 Å². The van der Waals surface area contributed by atoms with Crippen LogP contribution in [-0.4, -0.2) is 11.9 Å². The van der Waals surface area contributed by atoms with Gasteiger partial charge in [-0.15, -0.1) is 11.6 Å². The standard InChI is InChI=1S/C15H18ClNO/c16-9-11-2-1-3-13(7-11)15(18)17-14-8-10-4-5-12(14)6-10/h1-3,7,10,12,14H,4-6,8-9H2,(H,17,18). The first kappa shape index (κ1) is 12.0. The predicted octanol–water partition coefficient (Wildman–Crippen LogP) is 3.34. The van der Waals surface area contributed by atoms with Crippen LogP contribution in [0.25, 0.3) is 0 Å². The van der Waals surface area contributed by atoms with Crippen molar-refractivity contribution >= 4 is 17.5 Å². The smallest absolute Gasteiger partial charge is 0.251 e. The number of benzene rings is 1. The van der Waals surface area contributed by atoms with Gasteiger partial charge < -0.3 is 5.32 Å². The van der Waals surface area contributed by atoms with Crippen LogP contribution in [-0.2, 0) is 5.88 Å². The van der Waals surface area contributed by atoms with Crippen molar-refractivity contribution < 1.29 is 4.79 Å². The maximum absolute atomic E-state index is 12.2. The number of carbonyl (C=O) groups is 1. The zero-order chi connectivity index (χ0) is 12.5. The van der Waals surface area contributed by atoms with E-state index in [-0.39, 0.29) is 5.91 Å². The first-order chi connectivity index (χ1) is 8.76. The summed E-state index contributed by atoms with van der Waals surface area (Å²) >= 11 is 5.79. The van der Waals surface area contributed by atoms with E-state index in [0.29, 0.717) is 11.9 Å². The van der Waals surface area contributed by atoms with E-state index in [1.165, 1.54) is 25.7 Å². The third-order valence-corrected chi connectivity index (χ3v) is 4.71. The predicted molar refractivity (Wildman–Crippen MR) is 72.7 cm³/mol. The Labute approximate surface area is 113 Å². The molecule has 96 valence electrons. The monoisotopic (exact) mass is 263 g/mol. The number of nitrogens with one attached hydrogen (secondary N) is 1. The highest BCUT2D eigenvalue weighted by Gasteiger charge is 2.40. The van der Waals surface area contributed by atoms with Gasteiger partial charge in [0.15, 0.2) is 0 Å². The van der Waals surface area contributed by atoms with Crippen molar-refractivity contribution in [3.63, 3.8) is 0 Å². The SMILES string of the molecule is O=C(NC1CC2CCC1C2)c1cccc(CCl)c1. The van der Waals surface area contributed by atoms with Gasteiger partial charge in [0.25, 0.3) is 5.91 Å². The Morgan fingerprint density at radius 1 is 1.33 bits per heavy atom. The fourth-order valence-corrected chi connectivity index (χ4v) is 3.64. The molecule has 1 aromatic rings. The summed E-state index contributed by atoms with van der Waals surface area (Å²) in [5, 5.41) is 3.20. The fraction of sp³-hybridized carbons (Fsp3) is 0.533. The topological polar surface area (TPSA) is 29.1 Å². The van der Waals surface area contributed by atoms with Gasteiger partial charge in [-0.25, -0.2) is 0 Å². The molecule has 3 unspecified atom stereocenters. The highest BCUT2D eigenvalue weighted by Crippen LogP contribution is 2.44. The summed E-state index contributed by atoms with van der Waals surface area (Å²) in [6, 6.07) is 7.99. The lowest BCUT2D eigenvalue weighted by atomic mass is 9.95. The Kier molecular flexibility index (Phi) is 3.29. The summed E-state index contributed by atoms with van der Waals surface area (Å²) in [6.45, 7) is 0. The number of amides is 1. The summed E-state index contributed by atoms with van der Waals surface area (Å²) in [4.78, 5) is 12.2. The highest BCUT2D eigenvalue weighted by molar-refractivity contribution is 6.17. The summed E-state index contributed by atoms with van der Waals surface area (Å²) in [7, 11) is 0. The molecule has 0 saturated heterocycles. The molecule has 0 aromatic heterocycles. The average molecular weight is 264 g/mol. The minimum Gasteiger partial charge on any atom is -0.349 e. The second-order valence-corrected chi connectivity index (χ2v) is 5.86. The van der Waals surface area contributed by atoms with Crippen molar-refractivity contribution in [3.8, 4) is 0 Å². The van der Waals surface area contributed by atoms with Gasteiger partial charge in [0.2, 0.25) is 0 Å². The Morgan fingerprint density at radius 3 is 2.89 bits per heavy atom. The van der Waals surface area contributed by atoms with E-state index in [0.717, 1.165) is 23.0 Å². The Bertz CT molecular complexity index is 460. The molecule has 2 bridgehead atoms. The van der Waals surface area contributed by atoms with E-state index in [1.54, 1.807) is 0 Å². The lowest BCUT2D eigenvalue weighted by Crippen LogP contribution is -2.38. The van der Waals surface area contributed by atoms with E-state index in [2.05, 4.69) is 5.32 Å². The van der Waals surface area contributed by atoms with Crippen LogP contribution < -0.4 is 5.32 Å². The molecule has 1 aromatic carbocycles. The quantitative estimate of drug-likeness (QED) is 0.833. The third-order valence-electron chi connectivity index (χ3n) is 4.40. The summed E-state index contributed by atoms with van der Waals surface area (Å²) in [6.07, 6.45) is 5.13. The van der Waals surface area contributed by atoms with Gasteiger partial charge in [0, 0.05) is 17.5 Å². The minimum absolute atomic E-state index is 0.0551. The van der Waals surface area contributed by atoms with Crippen LogP contribution in [0.4, 0.5) is 0 Å². The van der Waals surface area contributed by atoms with E-state index >= 15 is 0 Å². The molecule has 3 rings (SSSR count). The second-order valence-electron chi connectivity index (χ2n) is 5.59. The van der Waals surface area contributed by atoms with E-state index < -0.39 is 0 Å². The molecule has 1 amide bonds. The number of fused-ring (bicyclic) bond motifs is 2. The largest absolute Gasteiger partial charge is 0.349 e. The van der Waals surface area contributed by atoms with Gasteiger partial charge in [0.1, 0.15) is 0 Å². The van der Waals surface area contributed by atoms with Crippen LogP contribution in [0.3, 0.4) is 0 Å². The molecule has 2 aliphatic carbocycles. The van der Waals surface area contributed by atoms with E-state index in [9.17, 15) is 4.79 Å². The Balaban J connectivity index is 1.67. The molecule has 2 aliphatic rings.